The number of carbonyl (C=O) groups excluding carboxylic acids is 1. The Bertz CT molecular complexity index is 423. The number of rotatable bonds is 3. The van der Waals surface area contributed by atoms with Gasteiger partial charge < -0.3 is 4.90 Å². The molecule has 4 heteroatoms. The van der Waals surface area contributed by atoms with E-state index in [1.807, 2.05) is 0 Å². The molecule has 1 aromatic rings. The fourth-order valence-electron chi connectivity index (χ4n) is 3.47. The number of carbonyl (C=O) groups is 1. The smallest absolute Gasteiger partial charge is 0.238 e. The molecule has 2 heterocycles. The maximum Gasteiger partial charge on any atom is 0.238 e. The molecule has 1 N–H and O–H groups in total. The lowest BCUT2D eigenvalue weighted by Crippen LogP contribution is -2.41. The first-order valence-electron chi connectivity index (χ1n) is 7.36. The third-order valence-electron chi connectivity index (χ3n) is 4.66. The third-order valence-corrected chi connectivity index (χ3v) is 5.36. The molecule has 0 spiro atoms. The van der Waals surface area contributed by atoms with Gasteiger partial charge in [0.15, 0.2) is 0 Å². The summed E-state index contributed by atoms with van der Waals surface area (Å²) in [6.45, 7) is 2.77. The van der Waals surface area contributed by atoms with E-state index in [4.69, 9.17) is 0 Å². The summed E-state index contributed by atoms with van der Waals surface area (Å²) in [4.78, 5) is 14.3. The molecule has 1 aliphatic carbocycles. The van der Waals surface area contributed by atoms with Crippen molar-refractivity contribution in [3.05, 3.63) is 22.4 Å². The van der Waals surface area contributed by atoms with Crippen molar-refractivity contribution in [2.24, 2.45) is 5.92 Å². The minimum atomic E-state index is 0.113. The Morgan fingerprint density at radius 1 is 1.37 bits per heavy atom. The van der Waals surface area contributed by atoms with Gasteiger partial charge in [-0.05, 0) is 54.0 Å². The van der Waals surface area contributed by atoms with Crippen molar-refractivity contribution in [1.29, 1.82) is 0 Å². The average molecular weight is 278 g/mol. The van der Waals surface area contributed by atoms with E-state index in [0.29, 0.717) is 12.6 Å². The van der Waals surface area contributed by atoms with Crippen molar-refractivity contribution in [1.82, 2.24) is 10.2 Å². The average Bonchev–Trinajstić information content (AvgIpc) is 3.08. The quantitative estimate of drug-likeness (QED) is 0.921. The molecule has 1 atom stereocenters. The van der Waals surface area contributed by atoms with Gasteiger partial charge in [0.1, 0.15) is 6.17 Å². The van der Waals surface area contributed by atoms with Crippen molar-refractivity contribution >= 4 is 17.2 Å². The molecule has 1 aliphatic heterocycles. The zero-order chi connectivity index (χ0) is 13.2. The van der Waals surface area contributed by atoms with Crippen molar-refractivity contribution in [3.63, 3.8) is 0 Å². The Kier molecular flexibility index (Phi) is 3.89. The molecule has 1 unspecified atom stereocenters. The van der Waals surface area contributed by atoms with Crippen LogP contribution >= 0.6 is 11.3 Å². The van der Waals surface area contributed by atoms with Gasteiger partial charge in [0.25, 0.3) is 0 Å². The van der Waals surface area contributed by atoms with E-state index in [0.717, 1.165) is 5.92 Å². The molecule has 0 aromatic carbocycles. The number of hydrogen-bond acceptors (Lipinski definition) is 3. The zero-order valence-corrected chi connectivity index (χ0v) is 12.3. The lowest BCUT2D eigenvalue weighted by Gasteiger charge is -2.37. The molecule has 2 fully saturated rings. The Morgan fingerprint density at radius 2 is 2.16 bits per heavy atom. The fourth-order valence-corrected chi connectivity index (χ4v) is 4.15. The summed E-state index contributed by atoms with van der Waals surface area (Å²) >= 11 is 1.70. The van der Waals surface area contributed by atoms with Crippen molar-refractivity contribution in [3.8, 4) is 0 Å². The van der Waals surface area contributed by atoms with Crippen LogP contribution in [0.5, 0.6) is 0 Å². The predicted octanol–water partition coefficient (Wildman–Crippen LogP) is 3.15. The Balaban J connectivity index is 1.72. The Labute approximate surface area is 119 Å². The van der Waals surface area contributed by atoms with Gasteiger partial charge >= 0.3 is 0 Å². The van der Waals surface area contributed by atoms with Gasteiger partial charge in [0.05, 0.1) is 6.54 Å². The van der Waals surface area contributed by atoms with Crippen LogP contribution < -0.4 is 5.32 Å². The van der Waals surface area contributed by atoms with Crippen LogP contribution in [0.1, 0.15) is 50.8 Å². The van der Waals surface area contributed by atoms with E-state index in [2.05, 4.69) is 34.0 Å². The molecule has 1 amide bonds. The second kappa shape index (κ2) is 5.63. The van der Waals surface area contributed by atoms with Crippen LogP contribution in [0.25, 0.3) is 0 Å². The summed E-state index contributed by atoms with van der Waals surface area (Å²) in [6, 6.07) is 2.57. The minimum Gasteiger partial charge on any atom is -0.319 e. The van der Waals surface area contributed by atoms with Gasteiger partial charge in [-0.2, -0.15) is 11.3 Å². The Morgan fingerprint density at radius 3 is 2.79 bits per heavy atom. The first kappa shape index (κ1) is 13.1. The molecular weight excluding hydrogens is 256 g/mol. The molecule has 3 rings (SSSR count). The summed E-state index contributed by atoms with van der Waals surface area (Å²) in [6.07, 6.45) is 6.30. The van der Waals surface area contributed by atoms with Gasteiger partial charge in [-0.3, -0.25) is 10.1 Å². The highest BCUT2D eigenvalue weighted by Crippen LogP contribution is 2.35. The van der Waals surface area contributed by atoms with Crippen molar-refractivity contribution in [2.75, 3.05) is 6.54 Å². The number of hydrogen-bond donors (Lipinski definition) is 1. The molecule has 0 radical (unpaired) electrons. The highest BCUT2D eigenvalue weighted by atomic mass is 32.1. The van der Waals surface area contributed by atoms with Crippen LogP contribution in [0.3, 0.4) is 0 Å². The molecule has 2 aliphatic rings. The molecule has 19 heavy (non-hydrogen) atoms. The van der Waals surface area contributed by atoms with Crippen LogP contribution in [-0.4, -0.2) is 23.4 Å². The predicted molar refractivity (Wildman–Crippen MR) is 77.9 cm³/mol. The molecule has 0 bridgehead atoms. The molecule has 1 saturated heterocycles. The molecule has 104 valence electrons. The fraction of sp³-hybridized carbons (Fsp3) is 0.667. The van der Waals surface area contributed by atoms with Gasteiger partial charge in [-0.1, -0.05) is 13.3 Å². The van der Waals surface area contributed by atoms with Crippen LogP contribution in [0.15, 0.2) is 16.8 Å². The van der Waals surface area contributed by atoms with E-state index < -0.39 is 0 Å². The van der Waals surface area contributed by atoms with Gasteiger partial charge in [0.2, 0.25) is 5.91 Å². The summed E-state index contributed by atoms with van der Waals surface area (Å²) in [5, 5.41) is 7.61. The second-order valence-corrected chi connectivity index (χ2v) is 6.50. The minimum absolute atomic E-state index is 0.113. The van der Waals surface area contributed by atoms with Gasteiger partial charge in [0, 0.05) is 6.04 Å². The monoisotopic (exact) mass is 278 g/mol. The van der Waals surface area contributed by atoms with Crippen LogP contribution in [0.4, 0.5) is 0 Å². The molecule has 1 aromatic heterocycles. The highest BCUT2D eigenvalue weighted by Gasteiger charge is 2.38. The van der Waals surface area contributed by atoms with Crippen LogP contribution in [0, 0.1) is 5.92 Å². The SMILES string of the molecule is CCC1CCC(N2C(=O)CNC2c2ccsc2)CC1. The largest absolute Gasteiger partial charge is 0.319 e. The summed E-state index contributed by atoms with van der Waals surface area (Å²) < 4.78 is 0. The molecule has 3 nitrogen and oxygen atoms in total. The molecular formula is C15H22N2OS. The van der Waals surface area contributed by atoms with Crippen LogP contribution in [0.2, 0.25) is 0 Å². The molecule has 1 saturated carbocycles. The van der Waals surface area contributed by atoms with E-state index >= 15 is 0 Å². The van der Waals surface area contributed by atoms with Crippen molar-refractivity contribution < 1.29 is 4.79 Å². The Hall–Kier alpha value is -0.870. The number of nitrogens with zero attached hydrogens (tertiary/aromatic N) is 1. The maximum absolute atomic E-state index is 12.2. The van der Waals surface area contributed by atoms with E-state index in [-0.39, 0.29) is 12.1 Å². The standard InChI is InChI=1S/C15H22N2OS/c1-2-11-3-5-13(6-4-11)17-14(18)9-16-15(17)12-7-8-19-10-12/h7-8,10-11,13,15-16H,2-6,9H2,1H3. The number of nitrogens with one attached hydrogen (secondary N) is 1. The maximum atomic E-state index is 12.2. The second-order valence-electron chi connectivity index (χ2n) is 5.72. The van der Waals surface area contributed by atoms with Crippen molar-refractivity contribution in [2.45, 2.75) is 51.2 Å². The zero-order valence-electron chi connectivity index (χ0n) is 11.5. The lowest BCUT2D eigenvalue weighted by molar-refractivity contribution is -0.131. The third kappa shape index (κ3) is 2.56. The normalized spacial score (nSPS) is 31.9. The van der Waals surface area contributed by atoms with E-state index in [9.17, 15) is 4.79 Å². The van der Waals surface area contributed by atoms with Crippen LogP contribution in [-0.2, 0) is 4.79 Å². The van der Waals surface area contributed by atoms with E-state index in [1.54, 1.807) is 11.3 Å². The first-order valence-corrected chi connectivity index (χ1v) is 8.30. The topological polar surface area (TPSA) is 32.3 Å². The summed E-state index contributed by atoms with van der Waals surface area (Å²) in [5.41, 5.74) is 1.24. The first-order chi connectivity index (χ1) is 9.29. The number of thiophene rings is 1. The van der Waals surface area contributed by atoms with E-state index in [1.165, 1.54) is 37.7 Å². The summed E-state index contributed by atoms with van der Waals surface area (Å²) in [5.74, 6) is 1.15. The van der Waals surface area contributed by atoms with Gasteiger partial charge in [-0.25, -0.2) is 0 Å². The lowest BCUT2D eigenvalue weighted by atomic mass is 9.83. The van der Waals surface area contributed by atoms with Gasteiger partial charge in [-0.15, -0.1) is 0 Å². The summed E-state index contributed by atoms with van der Waals surface area (Å²) in [7, 11) is 0. The highest BCUT2D eigenvalue weighted by molar-refractivity contribution is 7.07. The number of amides is 1.